The van der Waals surface area contributed by atoms with Crippen molar-refractivity contribution in [2.24, 2.45) is 0 Å². The Labute approximate surface area is 167 Å². The summed E-state index contributed by atoms with van der Waals surface area (Å²) in [6.07, 6.45) is 1.89. The van der Waals surface area contributed by atoms with Gasteiger partial charge in [0, 0.05) is 11.1 Å². The maximum Gasteiger partial charge on any atom is 0.230 e. The number of anilines is 1. The number of hydrogen-bond donors (Lipinski definition) is 1. The highest BCUT2D eigenvalue weighted by atomic mass is 16.5. The molecule has 29 heavy (non-hydrogen) atoms. The van der Waals surface area contributed by atoms with Gasteiger partial charge >= 0.3 is 0 Å². The summed E-state index contributed by atoms with van der Waals surface area (Å²) in [6.45, 7) is 0. The third-order valence-corrected chi connectivity index (χ3v) is 4.50. The quantitative estimate of drug-likeness (QED) is 0.546. The SMILES string of the molecule is COc1cccc(-c2ccc3nc(NC(=O)Cc4ccccc4OC)cn3n2)c1. The molecule has 0 saturated carbocycles. The van der Waals surface area contributed by atoms with Crippen LogP contribution in [-0.2, 0) is 11.2 Å². The molecule has 0 atom stereocenters. The average Bonchev–Trinajstić information content (AvgIpc) is 3.15. The smallest absolute Gasteiger partial charge is 0.230 e. The van der Waals surface area contributed by atoms with E-state index in [1.807, 2.05) is 60.7 Å². The Kier molecular flexibility index (Phi) is 5.11. The molecular weight excluding hydrogens is 368 g/mol. The van der Waals surface area contributed by atoms with E-state index >= 15 is 0 Å². The summed E-state index contributed by atoms with van der Waals surface area (Å²) in [4.78, 5) is 16.9. The van der Waals surface area contributed by atoms with Gasteiger partial charge in [-0.3, -0.25) is 4.79 Å². The number of imidazole rings is 1. The average molecular weight is 388 g/mol. The van der Waals surface area contributed by atoms with E-state index in [-0.39, 0.29) is 12.3 Å². The van der Waals surface area contributed by atoms with Crippen molar-refractivity contribution in [1.82, 2.24) is 14.6 Å². The van der Waals surface area contributed by atoms with Gasteiger partial charge in [0.05, 0.1) is 32.5 Å². The maximum absolute atomic E-state index is 12.4. The monoisotopic (exact) mass is 388 g/mol. The molecule has 2 aromatic heterocycles. The number of nitrogens with one attached hydrogen (secondary N) is 1. The minimum atomic E-state index is -0.175. The largest absolute Gasteiger partial charge is 0.497 e. The lowest BCUT2D eigenvalue weighted by Crippen LogP contribution is -2.15. The fourth-order valence-corrected chi connectivity index (χ4v) is 3.09. The Balaban J connectivity index is 1.53. The molecule has 0 bridgehead atoms. The lowest BCUT2D eigenvalue weighted by atomic mass is 10.1. The number of rotatable bonds is 6. The molecule has 1 N–H and O–H groups in total. The van der Waals surface area contributed by atoms with E-state index in [0.717, 1.165) is 22.6 Å². The van der Waals surface area contributed by atoms with Crippen molar-refractivity contribution in [3.63, 3.8) is 0 Å². The van der Waals surface area contributed by atoms with Gasteiger partial charge < -0.3 is 14.8 Å². The summed E-state index contributed by atoms with van der Waals surface area (Å²) in [5, 5.41) is 7.41. The predicted molar refractivity (Wildman–Crippen MR) is 110 cm³/mol. The van der Waals surface area contributed by atoms with Crippen LogP contribution in [0.5, 0.6) is 11.5 Å². The number of benzene rings is 2. The molecular formula is C22H20N4O3. The fourth-order valence-electron chi connectivity index (χ4n) is 3.09. The van der Waals surface area contributed by atoms with Gasteiger partial charge in [0.25, 0.3) is 0 Å². The Hall–Kier alpha value is -3.87. The number of aromatic nitrogens is 3. The van der Waals surface area contributed by atoms with Crippen molar-refractivity contribution in [2.75, 3.05) is 19.5 Å². The molecule has 0 fully saturated rings. The number of fused-ring (bicyclic) bond motifs is 1. The van der Waals surface area contributed by atoms with Crippen LogP contribution in [0.3, 0.4) is 0 Å². The van der Waals surface area contributed by atoms with Crippen molar-refractivity contribution in [1.29, 1.82) is 0 Å². The predicted octanol–water partition coefficient (Wildman–Crippen LogP) is 3.59. The van der Waals surface area contributed by atoms with Crippen LogP contribution in [0.15, 0.2) is 66.9 Å². The van der Waals surface area contributed by atoms with Crippen LogP contribution in [0, 0.1) is 0 Å². The van der Waals surface area contributed by atoms with E-state index in [0.29, 0.717) is 17.2 Å². The van der Waals surface area contributed by atoms with E-state index in [4.69, 9.17) is 9.47 Å². The minimum Gasteiger partial charge on any atom is -0.497 e. The van der Waals surface area contributed by atoms with Gasteiger partial charge in [0.15, 0.2) is 11.5 Å². The molecule has 0 spiro atoms. The van der Waals surface area contributed by atoms with Crippen molar-refractivity contribution in [2.45, 2.75) is 6.42 Å². The summed E-state index contributed by atoms with van der Waals surface area (Å²) in [5.41, 5.74) is 3.17. The van der Waals surface area contributed by atoms with Crippen LogP contribution in [-0.4, -0.2) is 34.7 Å². The van der Waals surface area contributed by atoms with Gasteiger partial charge in [-0.2, -0.15) is 5.10 Å². The number of methoxy groups -OCH3 is 2. The molecule has 0 unspecified atom stereocenters. The van der Waals surface area contributed by atoms with Gasteiger partial charge in [-0.1, -0.05) is 30.3 Å². The van der Waals surface area contributed by atoms with E-state index in [1.54, 1.807) is 24.9 Å². The zero-order valence-electron chi connectivity index (χ0n) is 16.1. The molecule has 1 amide bonds. The summed E-state index contributed by atoms with van der Waals surface area (Å²) in [6, 6.07) is 18.9. The summed E-state index contributed by atoms with van der Waals surface area (Å²) < 4.78 is 12.2. The molecule has 7 heteroatoms. The highest BCUT2D eigenvalue weighted by Gasteiger charge is 2.11. The molecule has 4 rings (SSSR count). The van der Waals surface area contributed by atoms with E-state index in [2.05, 4.69) is 15.4 Å². The summed E-state index contributed by atoms with van der Waals surface area (Å²) in [5.74, 6) is 1.72. The second-order valence-corrected chi connectivity index (χ2v) is 6.42. The Morgan fingerprint density at radius 3 is 2.72 bits per heavy atom. The van der Waals surface area contributed by atoms with Crippen LogP contribution >= 0.6 is 0 Å². The normalized spacial score (nSPS) is 10.7. The zero-order chi connectivity index (χ0) is 20.2. The summed E-state index contributed by atoms with van der Waals surface area (Å²) in [7, 11) is 3.22. The first-order valence-corrected chi connectivity index (χ1v) is 9.09. The first-order chi connectivity index (χ1) is 14.2. The van der Waals surface area contributed by atoms with Gasteiger partial charge in [0.1, 0.15) is 11.5 Å². The van der Waals surface area contributed by atoms with Crippen LogP contribution < -0.4 is 14.8 Å². The van der Waals surface area contributed by atoms with Crippen LogP contribution in [0.2, 0.25) is 0 Å². The second-order valence-electron chi connectivity index (χ2n) is 6.42. The number of hydrogen-bond acceptors (Lipinski definition) is 5. The molecule has 0 saturated heterocycles. The molecule has 4 aromatic rings. The van der Waals surface area contributed by atoms with E-state index < -0.39 is 0 Å². The molecule has 0 aliphatic rings. The Morgan fingerprint density at radius 2 is 1.90 bits per heavy atom. The number of amides is 1. The molecule has 2 aromatic carbocycles. The third-order valence-electron chi connectivity index (χ3n) is 4.50. The Morgan fingerprint density at radius 1 is 1.03 bits per heavy atom. The van der Waals surface area contributed by atoms with E-state index in [9.17, 15) is 4.79 Å². The molecule has 0 aliphatic carbocycles. The summed E-state index contributed by atoms with van der Waals surface area (Å²) >= 11 is 0. The van der Waals surface area contributed by atoms with Crippen LogP contribution in [0.1, 0.15) is 5.56 Å². The second kappa shape index (κ2) is 8.02. The van der Waals surface area contributed by atoms with Gasteiger partial charge in [-0.25, -0.2) is 9.50 Å². The molecule has 0 radical (unpaired) electrons. The third kappa shape index (κ3) is 4.03. The lowest BCUT2D eigenvalue weighted by molar-refractivity contribution is -0.115. The van der Waals surface area contributed by atoms with Gasteiger partial charge in [-0.05, 0) is 30.3 Å². The van der Waals surface area contributed by atoms with Crippen molar-refractivity contribution < 1.29 is 14.3 Å². The number of carbonyl (C=O) groups is 1. The minimum absolute atomic E-state index is 0.175. The first kappa shape index (κ1) is 18.5. The fraction of sp³-hybridized carbons (Fsp3) is 0.136. The highest BCUT2D eigenvalue weighted by Crippen LogP contribution is 2.23. The number of nitrogens with zero attached hydrogens (tertiary/aromatic N) is 3. The number of ether oxygens (including phenoxy) is 2. The van der Waals surface area contributed by atoms with Gasteiger partial charge in [-0.15, -0.1) is 0 Å². The van der Waals surface area contributed by atoms with Crippen molar-refractivity contribution in [3.8, 4) is 22.8 Å². The Bertz CT molecular complexity index is 1170. The molecule has 146 valence electrons. The zero-order valence-corrected chi connectivity index (χ0v) is 16.1. The molecule has 2 heterocycles. The number of para-hydroxylation sites is 1. The maximum atomic E-state index is 12.4. The topological polar surface area (TPSA) is 77.8 Å². The van der Waals surface area contributed by atoms with E-state index in [1.165, 1.54) is 0 Å². The van der Waals surface area contributed by atoms with Crippen LogP contribution in [0.25, 0.3) is 16.9 Å². The highest BCUT2D eigenvalue weighted by molar-refractivity contribution is 5.92. The molecule has 7 nitrogen and oxygen atoms in total. The van der Waals surface area contributed by atoms with Gasteiger partial charge in [0.2, 0.25) is 5.91 Å². The molecule has 0 aliphatic heterocycles. The van der Waals surface area contributed by atoms with Crippen molar-refractivity contribution >= 4 is 17.4 Å². The number of carbonyl (C=O) groups excluding carboxylic acids is 1. The van der Waals surface area contributed by atoms with Crippen LogP contribution in [0.4, 0.5) is 5.82 Å². The lowest BCUT2D eigenvalue weighted by Gasteiger charge is -2.07. The van der Waals surface area contributed by atoms with Crippen molar-refractivity contribution in [3.05, 3.63) is 72.4 Å². The standard InChI is InChI=1S/C22H20N4O3/c1-28-17-8-5-7-15(12-17)18-10-11-21-23-20(14-26(21)25-18)24-22(27)13-16-6-3-4-9-19(16)29-2/h3-12,14H,13H2,1-2H3,(H,24,27). The first-order valence-electron chi connectivity index (χ1n) is 9.09.